The molecule has 0 saturated heterocycles. The van der Waals surface area contributed by atoms with Crippen molar-refractivity contribution in [3.05, 3.63) is 89.5 Å². The number of H-pyrrole nitrogens is 1. The number of hydrogen-bond donors (Lipinski definition) is 2. The molecule has 3 aromatic carbocycles. The smallest absolute Gasteiger partial charge is 0.251 e. The van der Waals surface area contributed by atoms with Gasteiger partial charge in [-0.1, -0.05) is 36.4 Å². The Morgan fingerprint density at radius 3 is 2.72 bits per heavy atom. The number of rotatable bonds is 5. The van der Waals surface area contributed by atoms with Crippen molar-refractivity contribution in [1.29, 1.82) is 0 Å². The molecule has 1 aliphatic rings. The molecule has 0 radical (unpaired) electrons. The number of benzene rings is 3. The summed E-state index contributed by atoms with van der Waals surface area (Å²) in [6.07, 6.45) is 0. The minimum Gasteiger partial charge on any atom is -0.497 e. The van der Waals surface area contributed by atoms with Crippen LogP contribution in [0.2, 0.25) is 0 Å². The summed E-state index contributed by atoms with van der Waals surface area (Å²) in [5.41, 5.74) is 6.36. The third-order valence-corrected chi connectivity index (χ3v) is 5.76. The molecule has 1 aromatic heterocycles. The molecule has 1 amide bonds. The van der Waals surface area contributed by atoms with Gasteiger partial charge in [0.1, 0.15) is 18.1 Å². The Bertz CT molecular complexity index is 1280. The Balaban J connectivity index is 1.34. The Morgan fingerprint density at radius 1 is 1.09 bits per heavy atom. The predicted octanol–water partition coefficient (Wildman–Crippen LogP) is 5.14. The van der Waals surface area contributed by atoms with Crippen LogP contribution in [0.15, 0.2) is 72.8 Å². The van der Waals surface area contributed by atoms with E-state index >= 15 is 0 Å². The molecule has 4 aromatic rings. The highest BCUT2D eigenvalue weighted by atomic mass is 16.5. The summed E-state index contributed by atoms with van der Waals surface area (Å²) in [4.78, 5) is 12.8. The highest BCUT2D eigenvalue weighted by molar-refractivity contribution is 5.95. The van der Waals surface area contributed by atoms with Gasteiger partial charge in [0.15, 0.2) is 0 Å². The monoisotopic (exact) mass is 425 g/mol. The molecule has 1 aliphatic heterocycles. The Kier molecular flexibility index (Phi) is 5.11. The summed E-state index contributed by atoms with van der Waals surface area (Å²) in [6.45, 7) is 2.41. The minimum atomic E-state index is -0.146. The number of amides is 1. The number of carbonyl (C=O) groups is 1. The Hall–Kier alpha value is -4.06. The van der Waals surface area contributed by atoms with Gasteiger partial charge in [-0.3, -0.25) is 9.89 Å². The van der Waals surface area contributed by atoms with Crippen LogP contribution in [0.5, 0.6) is 11.5 Å². The molecule has 6 nitrogen and oxygen atoms in total. The van der Waals surface area contributed by atoms with Crippen molar-refractivity contribution in [1.82, 2.24) is 15.5 Å². The number of aromatic nitrogens is 2. The van der Waals surface area contributed by atoms with Crippen molar-refractivity contribution >= 4 is 5.91 Å². The Morgan fingerprint density at radius 2 is 1.91 bits per heavy atom. The molecule has 0 bridgehead atoms. The SMILES string of the molecule is COc1cccc([C@@H](C)NC(=O)c2ccc(-c3n[nH]c4c3COc3ccccc3-4)cc2)c1. The van der Waals surface area contributed by atoms with Gasteiger partial charge in [-0.15, -0.1) is 0 Å². The summed E-state index contributed by atoms with van der Waals surface area (Å²) < 4.78 is 11.2. The molecule has 32 heavy (non-hydrogen) atoms. The van der Waals surface area contributed by atoms with Crippen LogP contribution in [0.25, 0.3) is 22.5 Å². The molecule has 0 unspecified atom stereocenters. The number of nitrogens with one attached hydrogen (secondary N) is 2. The molecule has 5 rings (SSSR count). The van der Waals surface area contributed by atoms with Gasteiger partial charge < -0.3 is 14.8 Å². The van der Waals surface area contributed by atoms with E-state index in [0.29, 0.717) is 12.2 Å². The zero-order valence-corrected chi connectivity index (χ0v) is 17.9. The number of fused-ring (bicyclic) bond motifs is 3. The first-order valence-corrected chi connectivity index (χ1v) is 10.5. The molecule has 0 spiro atoms. The molecule has 2 N–H and O–H groups in total. The van der Waals surface area contributed by atoms with Crippen LogP contribution in [-0.2, 0) is 6.61 Å². The second-order valence-corrected chi connectivity index (χ2v) is 7.76. The normalized spacial score (nSPS) is 12.8. The summed E-state index contributed by atoms with van der Waals surface area (Å²) in [7, 11) is 1.63. The number of ether oxygens (including phenoxy) is 2. The largest absolute Gasteiger partial charge is 0.497 e. The Labute approximate surface area is 186 Å². The summed E-state index contributed by atoms with van der Waals surface area (Å²) in [5, 5.41) is 10.7. The van der Waals surface area contributed by atoms with Crippen LogP contribution >= 0.6 is 0 Å². The van der Waals surface area contributed by atoms with Gasteiger partial charge in [-0.25, -0.2) is 0 Å². The fourth-order valence-electron chi connectivity index (χ4n) is 3.97. The van der Waals surface area contributed by atoms with E-state index in [9.17, 15) is 4.79 Å². The molecule has 6 heteroatoms. The number of carbonyl (C=O) groups excluding carboxylic acids is 1. The summed E-state index contributed by atoms with van der Waals surface area (Å²) in [6, 6.07) is 22.9. The van der Waals surface area contributed by atoms with Crippen molar-refractivity contribution in [3.63, 3.8) is 0 Å². The highest BCUT2D eigenvalue weighted by Crippen LogP contribution is 2.39. The standard InChI is InChI=1S/C26H23N3O3/c1-16(19-6-5-7-20(14-19)31-2)27-26(30)18-12-10-17(11-13-18)24-22-15-32-23-9-4-3-8-21(23)25(22)29-28-24/h3-14,16H,15H2,1-2H3,(H,27,30)(H,28,29)/t16-/m1/s1. The van der Waals surface area contributed by atoms with E-state index in [0.717, 1.165) is 45.1 Å². The van der Waals surface area contributed by atoms with Crippen molar-refractivity contribution in [3.8, 4) is 34.0 Å². The third-order valence-electron chi connectivity index (χ3n) is 5.76. The first-order chi connectivity index (χ1) is 15.6. The van der Waals surface area contributed by atoms with E-state index in [1.165, 1.54) is 0 Å². The third kappa shape index (κ3) is 3.60. The first-order valence-electron chi connectivity index (χ1n) is 10.5. The quantitative estimate of drug-likeness (QED) is 0.464. The number of hydrogen-bond acceptors (Lipinski definition) is 4. The van der Waals surface area contributed by atoms with Gasteiger partial charge >= 0.3 is 0 Å². The van der Waals surface area contributed by atoms with Crippen molar-refractivity contribution in [2.75, 3.05) is 7.11 Å². The molecule has 160 valence electrons. The predicted molar refractivity (Wildman–Crippen MR) is 123 cm³/mol. The number of aromatic amines is 1. The minimum absolute atomic E-state index is 0.131. The van der Waals surface area contributed by atoms with Gasteiger partial charge in [0.25, 0.3) is 5.91 Å². The molecule has 1 atom stereocenters. The lowest BCUT2D eigenvalue weighted by atomic mass is 9.99. The lowest BCUT2D eigenvalue weighted by molar-refractivity contribution is 0.0940. The second-order valence-electron chi connectivity index (χ2n) is 7.76. The van der Waals surface area contributed by atoms with Crippen LogP contribution in [-0.4, -0.2) is 23.2 Å². The average molecular weight is 425 g/mol. The topological polar surface area (TPSA) is 76.2 Å². The van der Waals surface area contributed by atoms with E-state index in [2.05, 4.69) is 15.5 Å². The van der Waals surface area contributed by atoms with Gasteiger partial charge in [0, 0.05) is 22.3 Å². The summed E-state index contributed by atoms with van der Waals surface area (Å²) in [5.74, 6) is 1.49. The van der Waals surface area contributed by atoms with E-state index < -0.39 is 0 Å². The molecular formula is C26H23N3O3. The van der Waals surface area contributed by atoms with Crippen molar-refractivity contribution < 1.29 is 14.3 Å². The van der Waals surface area contributed by atoms with E-state index in [1.807, 2.05) is 79.7 Å². The maximum absolute atomic E-state index is 12.8. The molecule has 2 heterocycles. The fourth-order valence-corrected chi connectivity index (χ4v) is 3.97. The highest BCUT2D eigenvalue weighted by Gasteiger charge is 2.23. The van der Waals surface area contributed by atoms with Crippen LogP contribution in [0.1, 0.15) is 34.5 Å². The zero-order valence-electron chi connectivity index (χ0n) is 17.9. The fraction of sp³-hybridized carbons (Fsp3) is 0.154. The van der Waals surface area contributed by atoms with Gasteiger partial charge in [0.05, 0.1) is 24.5 Å². The lowest BCUT2D eigenvalue weighted by Gasteiger charge is -2.17. The summed E-state index contributed by atoms with van der Waals surface area (Å²) >= 11 is 0. The van der Waals surface area contributed by atoms with Gasteiger partial charge in [-0.2, -0.15) is 5.10 Å². The van der Waals surface area contributed by atoms with E-state index in [-0.39, 0.29) is 11.9 Å². The van der Waals surface area contributed by atoms with Crippen molar-refractivity contribution in [2.45, 2.75) is 19.6 Å². The number of nitrogens with zero attached hydrogens (tertiary/aromatic N) is 1. The molecular weight excluding hydrogens is 402 g/mol. The lowest BCUT2D eigenvalue weighted by Crippen LogP contribution is -2.26. The zero-order chi connectivity index (χ0) is 22.1. The maximum atomic E-state index is 12.8. The molecule has 0 aliphatic carbocycles. The average Bonchev–Trinajstić information content (AvgIpc) is 3.29. The first kappa shape index (κ1) is 19.9. The van der Waals surface area contributed by atoms with Gasteiger partial charge in [0.2, 0.25) is 0 Å². The van der Waals surface area contributed by atoms with Crippen LogP contribution in [0.3, 0.4) is 0 Å². The number of methoxy groups -OCH3 is 1. The van der Waals surface area contributed by atoms with Gasteiger partial charge in [-0.05, 0) is 48.9 Å². The molecule has 0 fully saturated rings. The van der Waals surface area contributed by atoms with E-state index in [1.54, 1.807) is 7.11 Å². The van der Waals surface area contributed by atoms with E-state index in [4.69, 9.17) is 9.47 Å². The van der Waals surface area contributed by atoms with Crippen LogP contribution < -0.4 is 14.8 Å². The van der Waals surface area contributed by atoms with Crippen molar-refractivity contribution in [2.24, 2.45) is 0 Å². The van der Waals surface area contributed by atoms with Crippen LogP contribution in [0, 0.1) is 0 Å². The second kappa shape index (κ2) is 8.23. The molecule has 0 saturated carbocycles. The number of para-hydroxylation sites is 1. The maximum Gasteiger partial charge on any atom is 0.251 e. The van der Waals surface area contributed by atoms with Crippen LogP contribution in [0.4, 0.5) is 0 Å².